The quantitative estimate of drug-likeness (QED) is 0.766. The lowest BCUT2D eigenvalue weighted by molar-refractivity contribution is -0.128. The van der Waals surface area contributed by atoms with Crippen molar-refractivity contribution < 1.29 is 4.79 Å². The molecular weight excluding hydrogens is 194 g/mol. The van der Waals surface area contributed by atoms with E-state index in [9.17, 15) is 4.79 Å². The molecule has 1 N–H and O–H groups in total. The predicted octanol–water partition coefficient (Wildman–Crippen LogP) is 2.29. The van der Waals surface area contributed by atoms with E-state index in [4.69, 9.17) is 0 Å². The minimum atomic E-state index is 0.0653. The molecule has 1 amide bonds. The number of amides is 1. The first kappa shape index (κ1) is 11.9. The maximum atomic E-state index is 11.8. The summed E-state index contributed by atoms with van der Waals surface area (Å²) in [5, 5.41) is 3.13. The molecular formula is C11H21NOS. The van der Waals surface area contributed by atoms with Crippen molar-refractivity contribution in [3.05, 3.63) is 0 Å². The molecule has 82 valence electrons. The molecule has 0 radical (unpaired) electrons. The van der Waals surface area contributed by atoms with Gasteiger partial charge < -0.3 is 5.32 Å². The summed E-state index contributed by atoms with van der Waals surface area (Å²) in [4.78, 5) is 11.8. The summed E-state index contributed by atoms with van der Waals surface area (Å²) in [5.41, 5.74) is 0.0653. The number of carbonyl (C=O) groups excluding carboxylic acids is 1. The summed E-state index contributed by atoms with van der Waals surface area (Å²) in [5.74, 6) is 2.58. The molecule has 0 aromatic carbocycles. The van der Waals surface area contributed by atoms with Gasteiger partial charge in [0.25, 0.3) is 0 Å². The van der Waals surface area contributed by atoms with E-state index in [-0.39, 0.29) is 17.2 Å². The first-order valence-electron chi connectivity index (χ1n) is 5.29. The average Bonchev–Trinajstić information content (AvgIpc) is 2.53. The Morgan fingerprint density at radius 2 is 2.14 bits per heavy atom. The second kappa shape index (κ2) is 4.56. The van der Waals surface area contributed by atoms with Gasteiger partial charge >= 0.3 is 0 Å². The molecule has 1 aliphatic heterocycles. The maximum Gasteiger partial charge on any atom is 0.223 e. The third-order valence-electron chi connectivity index (χ3n) is 2.97. The summed E-state index contributed by atoms with van der Waals surface area (Å²) in [6.45, 7) is 8.35. The monoisotopic (exact) mass is 215 g/mol. The SMILES string of the molecule is CC(C(=O)NC1CCSC1)C(C)(C)C. The van der Waals surface area contributed by atoms with E-state index in [1.54, 1.807) is 0 Å². The van der Waals surface area contributed by atoms with Gasteiger partial charge in [0.05, 0.1) is 0 Å². The highest BCUT2D eigenvalue weighted by Crippen LogP contribution is 2.26. The van der Waals surface area contributed by atoms with Gasteiger partial charge in [-0.05, 0) is 17.6 Å². The van der Waals surface area contributed by atoms with E-state index in [0.29, 0.717) is 6.04 Å². The molecule has 2 unspecified atom stereocenters. The summed E-state index contributed by atoms with van der Waals surface area (Å²) in [7, 11) is 0. The molecule has 1 rings (SSSR count). The average molecular weight is 215 g/mol. The Morgan fingerprint density at radius 1 is 1.50 bits per heavy atom. The van der Waals surface area contributed by atoms with Crippen LogP contribution in [0.5, 0.6) is 0 Å². The van der Waals surface area contributed by atoms with Crippen LogP contribution >= 0.6 is 11.8 Å². The molecule has 0 bridgehead atoms. The van der Waals surface area contributed by atoms with Crippen molar-refractivity contribution in [2.45, 2.75) is 40.2 Å². The van der Waals surface area contributed by atoms with Crippen LogP contribution in [0.3, 0.4) is 0 Å². The summed E-state index contributed by atoms with van der Waals surface area (Å²) in [6.07, 6.45) is 1.13. The Balaban J connectivity index is 2.41. The predicted molar refractivity (Wildman–Crippen MR) is 62.5 cm³/mol. The molecule has 2 atom stereocenters. The molecule has 0 saturated carbocycles. The summed E-state index contributed by atoms with van der Waals surface area (Å²) >= 11 is 1.93. The van der Waals surface area contributed by atoms with Crippen LogP contribution in [0.2, 0.25) is 0 Å². The Morgan fingerprint density at radius 3 is 2.57 bits per heavy atom. The minimum absolute atomic E-state index is 0.0653. The highest BCUT2D eigenvalue weighted by molar-refractivity contribution is 7.99. The van der Waals surface area contributed by atoms with Gasteiger partial charge in [0, 0.05) is 17.7 Å². The lowest BCUT2D eigenvalue weighted by atomic mass is 9.81. The van der Waals surface area contributed by atoms with E-state index in [0.717, 1.165) is 12.2 Å². The van der Waals surface area contributed by atoms with Crippen LogP contribution < -0.4 is 5.32 Å². The second-order valence-electron chi connectivity index (χ2n) is 5.16. The number of nitrogens with one attached hydrogen (secondary N) is 1. The number of thioether (sulfide) groups is 1. The molecule has 1 aliphatic rings. The second-order valence-corrected chi connectivity index (χ2v) is 6.31. The highest BCUT2D eigenvalue weighted by atomic mass is 32.2. The first-order valence-corrected chi connectivity index (χ1v) is 6.45. The molecule has 3 heteroatoms. The molecule has 0 aromatic rings. The minimum Gasteiger partial charge on any atom is -0.352 e. The topological polar surface area (TPSA) is 29.1 Å². The Hall–Kier alpha value is -0.180. The van der Waals surface area contributed by atoms with Gasteiger partial charge in [-0.2, -0.15) is 11.8 Å². The van der Waals surface area contributed by atoms with Crippen LogP contribution in [-0.2, 0) is 4.79 Å². The standard InChI is InChI=1S/C11H21NOS/c1-8(11(2,3)4)10(13)12-9-5-6-14-7-9/h8-9H,5-7H2,1-4H3,(H,12,13). The van der Waals surface area contributed by atoms with Crippen LogP contribution in [-0.4, -0.2) is 23.5 Å². The Kier molecular flexibility index (Phi) is 3.87. The van der Waals surface area contributed by atoms with Gasteiger partial charge in [-0.15, -0.1) is 0 Å². The normalized spacial score (nSPS) is 24.7. The van der Waals surface area contributed by atoms with E-state index >= 15 is 0 Å². The van der Waals surface area contributed by atoms with Crippen LogP contribution in [0, 0.1) is 11.3 Å². The fraction of sp³-hybridized carbons (Fsp3) is 0.909. The molecule has 0 spiro atoms. The zero-order valence-electron chi connectivity index (χ0n) is 9.59. The lowest BCUT2D eigenvalue weighted by Crippen LogP contribution is -2.41. The largest absolute Gasteiger partial charge is 0.352 e. The van der Waals surface area contributed by atoms with Crippen molar-refractivity contribution in [1.82, 2.24) is 5.32 Å². The third kappa shape index (κ3) is 3.19. The van der Waals surface area contributed by atoms with E-state index in [1.165, 1.54) is 5.75 Å². The Labute approximate surface area is 91.2 Å². The zero-order valence-corrected chi connectivity index (χ0v) is 10.4. The molecule has 1 heterocycles. The van der Waals surface area contributed by atoms with E-state index in [1.807, 2.05) is 18.7 Å². The van der Waals surface area contributed by atoms with Crippen molar-refractivity contribution >= 4 is 17.7 Å². The number of rotatable bonds is 2. The van der Waals surface area contributed by atoms with Crippen molar-refractivity contribution in [3.63, 3.8) is 0 Å². The van der Waals surface area contributed by atoms with Gasteiger partial charge in [0.2, 0.25) is 5.91 Å². The van der Waals surface area contributed by atoms with Crippen molar-refractivity contribution in [1.29, 1.82) is 0 Å². The van der Waals surface area contributed by atoms with Gasteiger partial charge in [-0.1, -0.05) is 27.7 Å². The fourth-order valence-electron chi connectivity index (χ4n) is 1.37. The van der Waals surface area contributed by atoms with Crippen LogP contribution in [0.25, 0.3) is 0 Å². The number of carbonyl (C=O) groups is 1. The van der Waals surface area contributed by atoms with Gasteiger partial charge in [-0.3, -0.25) is 4.79 Å². The number of hydrogen-bond donors (Lipinski definition) is 1. The molecule has 1 saturated heterocycles. The van der Waals surface area contributed by atoms with Crippen LogP contribution in [0.4, 0.5) is 0 Å². The molecule has 14 heavy (non-hydrogen) atoms. The summed E-state index contributed by atoms with van der Waals surface area (Å²) in [6, 6.07) is 0.414. The zero-order chi connectivity index (χ0) is 10.8. The maximum absolute atomic E-state index is 11.8. The number of hydrogen-bond acceptors (Lipinski definition) is 2. The Bertz CT molecular complexity index is 204. The first-order chi connectivity index (χ1) is 6.41. The van der Waals surface area contributed by atoms with Crippen molar-refractivity contribution in [2.24, 2.45) is 11.3 Å². The summed E-state index contributed by atoms with van der Waals surface area (Å²) < 4.78 is 0. The third-order valence-corrected chi connectivity index (χ3v) is 4.13. The van der Waals surface area contributed by atoms with Gasteiger partial charge in [0.1, 0.15) is 0 Å². The van der Waals surface area contributed by atoms with E-state index < -0.39 is 0 Å². The van der Waals surface area contributed by atoms with Crippen LogP contribution in [0.1, 0.15) is 34.1 Å². The highest BCUT2D eigenvalue weighted by Gasteiger charge is 2.28. The molecule has 0 aliphatic carbocycles. The van der Waals surface area contributed by atoms with E-state index in [2.05, 4.69) is 26.1 Å². The smallest absolute Gasteiger partial charge is 0.223 e. The molecule has 2 nitrogen and oxygen atoms in total. The van der Waals surface area contributed by atoms with Crippen molar-refractivity contribution in [3.8, 4) is 0 Å². The fourth-order valence-corrected chi connectivity index (χ4v) is 2.52. The van der Waals surface area contributed by atoms with Crippen LogP contribution in [0.15, 0.2) is 0 Å². The van der Waals surface area contributed by atoms with Gasteiger partial charge in [-0.25, -0.2) is 0 Å². The molecule has 0 aromatic heterocycles. The van der Waals surface area contributed by atoms with Gasteiger partial charge in [0.15, 0.2) is 0 Å². The van der Waals surface area contributed by atoms with Crippen molar-refractivity contribution in [2.75, 3.05) is 11.5 Å². The molecule has 1 fully saturated rings. The lowest BCUT2D eigenvalue weighted by Gasteiger charge is -2.27.